The summed E-state index contributed by atoms with van der Waals surface area (Å²) in [5.74, 6) is 2.03. The van der Waals surface area contributed by atoms with Gasteiger partial charge in [-0.25, -0.2) is 14.8 Å². The zero-order valence-electron chi connectivity index (χ0n) is 12.5. The second-order valence-electron chi connectivity index (χ2n) is 4.68. The molecule has 2 heterocycles. The Kier molecular flexibility index (Phi) is 5.02. The van der Waals surface area contributed by atoms with E-state index in [9.17, 15) is 4.79 Å². The first-order chi connectivity index (χ1) is 10.2. The monoisotopic (exact) mass is 295 g/mol. The number of alkyl carbamates (subject to hydrolysis) is 1. The Morgan fingerprint density at radius 1 is 1.48 bits per heavy atom. The highest BCUT2D eigenvalue weighted by Crippen LogP contribution is 2.33. The summed E-state index contributed by atoms with van der Waals surface area (Å²) < 4.78 is 10.1. The van der Waals surface area contributed by atoms with Crippen LogP contribution in [0.4, 0.5) is 16.4 Å². The van der Waals surface area contributed by atoms with Crippen LogP contribution in [-0.4, -0.2) is 56.0 Å². The van der Waals surface area contributed by atoms with Crippen molar-refractivity contribution in [3.05, 3.63) is 6.33 Å². The Labute approximate surface area is 123 Å². The standard InChI is InChI=1S/C13H21N5O3/c1-4-14-11-10(20-2)12(16-8-15-11)18-6-5-9(7-18)17-13(19)21-3/h8-9H,4-7H2,1-3H3,(H,17,19)(H,14,15,16). The molecule has 0 radical (unpaired) electrons. The number of nitrogens with one attached hydrogen (secondary N) is 2. The molecule has 8 nitrogen and oxygen atoms in total. The van der Waals surface area contributed by atoms with E-state index >= 15 is 0 Å². The van der Waals surface area contributed by atoms with Crippen LogP contribution in [0, 0.1) is 0 Å². The fourth-order valence-electron chi connectivity index (χ4n) is 2.37. The number of anilines is 2. The van der Waals surface area contributed by atoms with Crippen LogP contribution in [0.3, 0.4) is 0 Å². The maximum atomic E-state index is 11.3. The van der Waals surface area contributed by atoms with Crippen LogP contribution in [0.25, 0.3) is 0 Å². The summed E-state index contributed by atoms with van der Waals surface area (Å²) in [6.45, 7) is 4.19. The number of hydrogen-bond donors (Lipinski definition) is 2. The SMILES string of the molecule is CCNc1ncnc(N2CCC(NC(=O)OC)C2)c1OC. The molecule has 0 spiro atoms. The van der Waals surface area contributed by atoms with Gasteiger partial charge in [-0.1, -0.05) is 0 Å². The van der Waals surface area contributed by atoms with Gasteiger partial charge in [0.05, 0.1) is 20.3 Å². The second kappa shape index (κ2) is 6.96. The zero-order chi connectivity index (χ0) is 15.2. The van der Waals surface area contributed by atoms with Crippen LogP contribution in [-0.2, 0) is 4.74 Å². The molecule has 1 amide bonds. The van der Waals surface area contributed by atoms with Crippen molar-refractivity contribution in [3.63, 3.8) is 0 Å². The minimum absolute atomic E-state index is 0.0414. The van der Waals surface area contributed by atoms with Gasteiger partial charge in [-0.05, 0) is 13.3 Å². The summed E-state index contributed by atoms with van der Waals surface area (Å²) >= 11 is 0. The Hall–Kier alpha value is -2.25. The highest BCUT2D eigenvalue weighted by molar-refractivity contribution is 5.68. The van der Waals surface area contributed by atoms with E-state index in [1.165, 1.54) is 13.4 Å². The minimum atomic E-state index is -0.412. The van der Waals surface area contributed by atoms with Crippen molar-refractivity contribution in [2.24, 2.45) is 0 Å². The molecule has 116 valence electrons. The van der Waals surface area contributed by atoms with E-state index in [0.29, 0.717) is 18.1 Å². The third-order valence-electron chi connectivity index (χ3n) is 3.33. The van der Waals surface area contributed by atoms with Gasteiger partial charge >= 0.3 is 6.09 Å². The third kappa shape index (κ3) is 3.45. The summed E-state index contributed by atoms with van der Waals surface area (Å²) in [6.07, 6.45) is 1.93. The summed E-state index contributed by atoms with van der Waals surface area (Å²) in [5, 5.41) is 5.95. The highest BCUT2D eigenvalue weighted by Gasteiger charge is 2.28. The number of methoxy groups -OCH3 is 2. The van der Waals surface area contributed by atoms with Crippen LogP contribution in [0.5, 0.6) is 5.75 Å². The lowest BCUT2D eigenvalue weighted by molar-refractivity contribution is 0.167. The first-order valence-electron chi connectivity index (χ1n) is 6.91. The quantitative estimate of drug-likeness (QED) is 0.832. The van der Waals surface area contributed by atoms with E-state index < -0.39 is 6.09 Å². The van der Waals surface area contributed by atoms with Gasteiger partial charge in [-0.2, -0.15) is 0 Å². The van der Waals surface area contributed by atoms with Crippen LogP contribution < -0.4 is 20.3 Å². The van der Waals surface area contributed by atoms with E-state index in [0.717, 1.165) is 25.3 Å². The minimum Gasteiger partial charge on any atom is -0.490 e. The highest BCUT2D eigenvalue weighted by atomic mass is 16.5. The number of aromatic nitrogens is 2. The molecule has 1 aromatic rings. The lowest BCUT2D eigenvalue weighted by Crippen LogP contribution is -2.37. The molecule has 0 aromatic carbocycles. The van der Waals surface area contributed by atoms with Crippen molar-refractivity contribution in [1.82, 2.24) is 15.3 Å². The van der Waals surface area contributed by atoms with Crippen LogP contribution in [0.15, 0.2) is 6.33 Å². The molecule has 1 unspecified atom stereocenters. The predicted molar refractivity (Wildman–Crippen MR) is 78.9 cm³/mol. The van der Waals surface area contributed by atoms with Gasteiger partial charge in [0.25, 0.3) is 0 Å². The van der Waals surface area contributed by atoms with Gasteiger partial charge in [-0.15, -0.1) is 0 Å². The van der Waals surface area contributed by atoms with Gasteiger partial charge in [0.1, 0.15) is 6.33 Å². The topological polar surface area (TPSA) is 88.6 Å². The maximum Gasteiger partial charge on any atom is 0.407 e. The number of amides is 1. The molecule has 1 fully saturated rings. The number of rotatable bonds is 5. The smallest absolute Gasteiger partial charge is 0.407 e. The first kappa shape index (κ1) is 15.1. The van der Waals surface area contributed by atoms with E-state index in [1.54, 1.807) is 7.11 Å². The molecule has 8 heteroatoms. The van der Waals surface area contributed by atoms with E-state index in [4.69, 9.17) is 4.74 Å². The number of carbonyl (C=O) groups is 1. The number of ether oxygens (including phenoxy) is 2. The fourth-order valence-corrected chi connectivity index (χ4v) is 2.37. The molecule has 0 bridgehead atoms. The van der Waals surface area contributed by atoms with Crippen LogP contribution in [0.2, 0.25) is 0 Å². The number of nitrogens with zero attached hydrogens (tertiary/aromatic N) is 3. The normalized spacial score (nSPS) is 17.5. The third-order valence-corrected chi connectivity index (χ3v) is 3.33. The fraction of sp³-hybridized carbons (Fsp3) is 0.615. The van der Waals surface area contributed by atoms with Gasteiger partial charge in [0.2, 0.25) is 5.75 Å². The molecule has 0 aliphatic carbocycles. The summed E-state index contributed by atoms with van der Waals surface area (Å²) in [5.41, 5.74) is 0. The largest absolute Gasteiger partial charge is 0.490 e. The van der Waals surface area contributed by atoms with E-state index in [-0.39, 0.29) is 6.04 Å². The number of hydrogen-bond acceptors (Lipinski definition) is 7. The van der Waals surface area contributed by atoms with Crippen molar-refractivity contribution < 1.29 is 14.3 Å². The maximum absolute atomic E-state index is 11.3. The van der Waals surface area contributed by atoms with Crippen molar-refractivity contribution >= 4 is 17.7 Å². The van der Waals surface area contributed by atoms with Crippen molar-refractivity contribution in [2.45, 2.75) is 19.4 Å². The molecule has 1 aliphatic heterocycles. The summed E-state index contributed by atoms with van der Waals surface area (Å²) in [7, 11) is 2.96. The molecular formula is C13H21N5O3. The molecule has 1 atom stereocenters. The lowest BCUT2D eigenvalue weighted by atomic mass is 10.3. The first-order valence-corrected chi connectivity index (χ1v) is 6.91. The molecule has 1 aliphatic rings. The van der Waals surface area contributed by atoms with Gasteiger partial charge < -0.3 is 25.0 Å². The predicted octanol–water partition coefficient (Wildman–Crippen LogP) is 0.852. The van der Waals surface area contributed by atoms with E-state index in [2.05, 4.69) is 30.2 Å². The zero-order valence-corrected chi connectivity index (χ0v) is 12.5. The van der Waals surface area contributed by atoms with Gasteiger partial charge in [0.15, 0.2) is 11.6 Å². The molecule has 21 heavy (non-hydrogen) atoms. The van der Waals surface area contributed by atoms with Crippen LogP contribution in [0.1, 0.15) is 13.3 Å². The lowest BCUT2D eigenvalue weighted by Gasteiger charge is -2.21. The van der Waals surface area contributed by atoms with Crippen molar-refractivity contribution in [3.8, 4) is 5.75 Å². The van der Waals surface area contributed by atoms with Crippen LogP contribution >= 0.6 is 0 Å². The Balaban J connectivity index is 2.12. The molecule has 1 saturated heterocycles. The Morgan fingerprint density at radius 3 is 2.95 bits per heavy atom. The van der Waals surface area contributed by atoms with E-state index in [1.807, 2.05) is 6.92 Å². The molecule has 2 rings (SSSR count). The van der Waals surface area contributed by atoms with Crippen molar-refractivity contribution in [1.29, 1.82) is 0 Å². The molecule has 2 N–H and O–H groups in total. The Morgan fingerprint density at radius 2 is 2.29 bits per heavy atom. The molecule has 0 saturated carbocycles. The summed E-state index contributed by atoms with van der Waals surface area (Å²) in [4.78, 5) is 21.8. The Bertz CT molecular complexity index is 497. The average molecular weight is 295 g/mol. The van der Waals surface area contributed by atoms with Gasteiger partial charge in [-0.3, -0.25) is 0 Å². The number of carbonyl (C=O) groups excluding carboxylic acids is 1. The average Bonchev–Trinajstić information content (AvgIpc) is 2.95. The summed E-state index contributed by atoms with van der Waals surface area (Å²) in [6, 6.07) is 0.0414. The second-order valence-corrected chi connectivity index (χ2v) is 4.68. The van der Waals surface area contributed by atoms with Crippen molar-refractivity contribution in [2.75, 3.05) is 44.1 Å². The van der Waals surface area contributed by atoms with Gasteiger partial charge in [0, 0.05) is 19.6 Å². The molecular weight excluding hydrogens is 274 g/mol. The molecule has 1 aromatic heterocycles.